The van der Waals surface area contributed by atoms with Gasteiger partial charge in [0.25, 0.3) is 5.91 Å². The summed E-state index contributed by atoms with van der Waals surface area (Å²) in [6.45, 7) is 2.25. The van der Waals surface area contributed by atoms with Crippen LogP contribution in [0, 0.1) is 11.8 Å². The second-order valence-electron chi connectivity index (χ2n) is 6.62. The van der Waals surface area contributed by atoms with Crippen LogP contribution < -0.4 is 10.6 Å². The van der Waals surface area contributed by atoms with Gasteiger partial charge in [0.05, 0.1) is 12.6 Å². The molecule has 0 aromatic heterocycles. The van der Waals surface area contributed by atoms with Crippen LogP contribution >= 0.6 is 0 Å². The molecule has 0 radical (unpaired) electrons. The standard InChI is InChI=1S/C17H20N4O3/c22-14-8-19-17(24)21(14)10-15(23)20-9-12-6-18-7-13(12)16(20)11-4-2-1-3-5-11/h1-5,12-13,16,18H,6-10H2,(H,19,24)/t12-,13-,16-/m0/s1. The summed E-state index contributed by atoms with van der Waals surface area (Å²) in [6, 6.07) is 9.52. The zero-order chi connectivity index (χ0) is 16.7. The Balaban J connectivity index is 1.57. The largest absolute Gasteiger partial charge is 0.333 e. The van der Waals surface area contributed by atoms with Gasteiger partial charge in [-0.2, -0.15) is 0 Å². The van der Waals surface area contributed by atoms with Gasteiger partial charge in [-0.15, -0.1) is 0 Å². The van der Waals surface area contributed by atoms with Crippen molar-refractivity contribution >= 4 is 17.8 Å². The molecule has 0 saturated carbocycles. The summed E-state index contributed by atoms with van der Waals surface area (Å²) >= 11 is 0. The maximum Gasteiger partial charge on any atom is 0.325 e. The Labute approximate surface area is 140 Å². The Kier molecular flexibility index (Phi) is 3.72. The smallest absolute Gasteiger partial charge is 0.325 e. The molecule has 1 aromatic rings. The highest BCUT2D eigenvalue weighted by Gasteiger charge is 2.47. The Morgan fingerprint density at radius 2 is 1.96 bits per heavy atom. The van der Waals surface area contributed by atoms with Crippen LogP contribution in [0.15, 0.2) is 30.3 Å². The van der Waals surface area contributed by atoms with Crippen molar-refractivity contribution in [2.45, 2.75) is 6.04 Å². The van der Waals surface area contributed by atoms with E-state index in [1.54, 1.807) is 0 Å². The number of likely N-dealkylation sites (tertiary alicyclic amines) is 1. The van der Waals surface area contributed by atoms with Crippen molar-refractivity contribution in [1.29, 1.82) is 0 Å². The second-order valence-corrected chi connectivity index (χ2v) is 6.62. The number of urea groups is 1. The first kappa shape index (κ1) is 15.1. The van der Waals surface area contributed by atoms with E-state index in [0.29, 0.717) is 18.4 Å². The van der Waals surface area contributed by atoms with Crippen LogP contribution in [0.4, 0.5) is 4.79 Å². The van der Waals surface area contributed by atoms with Gasteiger partial charge in [0, 0.05) is 25.6 Å². The average Bonchev–Trinajstić information content (AvgIpc) is 3.25. The molecule has 3 heterocycles. The fraction of sp³-hybridized carbons (Fsp3) is 0.471. The first-order valence-corrected chi connectivity index (χ1v) is 8.28. The third-order valence-corrected chi connectivity index (χ3v) is 5.26. The lowest BCUT2D eigenvalue weighted by Gasteiger charge is -2.29. The van der Waals surface area contributed by atoms with Crippen molar-refractivity contribution < 1.29 is 14.4 Å². The Hall–Kier alpha value is -2.41. The molecule has 126 valence electrons. The van der Waals surface area contributed by atoms with Gasteiger partial charge in [0.1, 0.15) is 6.54 Å². The van der Waals surface area contributed by atoms with E-state index in [4.69, 9.17) is 0 Å². The summed E-state index contributed by atoms with van der Waals surface area (Å²) < 4.78 is 0. The predicted molar refractivity (Wildman–Crippen MR) is 85.9 cm³/mol. The Morgan fingerprint density at radius 1 is 1.17 bits per heavy atom. The molecule has 0 unspecified atom stereocenters. The number of rotatable bonds is 3. The van der Waals surface area contributed by atoms with Crippen molar-refractivity contribution in [3.63, 3.8) is 0 Å². The number of amides is 4. The van der Waals surface area contributed by atoms with E-state index in [1.165, 1.54) is 0 Å². The van der Waals surface area contributed by atoms with Crippen LogP contribution in [0.25, 0.3) is 0 Å². The summed E-state index contributed by atoms with van der Waals surface area (Å²) in [5, 5.41) is 5.86. The van der Waals surface area contributed by atoms with Crippen molar-refractivity contribution in [2.75, 3.05) is 32.7 Å². The number of hydrogen-bond acceptors (Lipinski definition) is 4. The van der Waals surface area contributed by atoms with E-state index < -0.39 is 6.03 Å². The molecule has 0 bridgehead atoms. The third-order valence-electron chi connectivity index (χ3n) is 5.26. The fourth-order valence-electron chi connectivity index (χ4n) is 4.10. The molecule has 0 aliphatic carbocycles. The number of carbonyl (C=O) groups is 3. The van der Waals surface area contributed by atoms with Crippen molar-refractivity contribution in [1.82, 2.24) is 20.4 Å². The Bertz CT molecular complexity index is 662. The lowest BCUT2D eigenvalue weighted by molar-refractivity contribution is -0.137. The molecule has 0 spiro atoms. The molecular formula is C17H20N4O3. The lowest BCUT2D eigenvalue weighted by Crippen LogP contribution is -2.44. The number of carbonyl (C=O) groups excluding carboxylic acids is 3. The fourth-order valence-corrected chi connectivity index (χ4v) is 4.10. The van der Waals surface area contributed by atoms with Crippen LogP contribution in [0.5, 0.6) is 0 Å². The first-order valence-electron chi connectivity index (χ1n) is 8.28. The van der Waals surface area contributed by atoms with Gasteiger partial charge in [0.2, 0.25) is 5.91 Å². The predicted octanol–water partition coefficient (Wildman–Crippen LogP) is -0.0427. The summed E-state index contributed by atoms with van der Waals surface area (Å²) in [5.41, 5.74) is 1.11. The topological polar surface area (TPSA) is 81.8 Å². The van der Waals surface area contributed by atoms with Crippen LogP contribution in [0.1, 0.15) is 11.6 Å². The van der Waals surface area contributed by atoms with Crippen molar-refractivity contribution in [3.05, 3.63) is 35.9 Å². The molecular weight excluding hydrogens is 308 g/mol. The van der Waals surface area contributed by atoms with Crippen LogP contribution in [-0.2, 0) is 9.59 Å². The van der Waals surface area contributed by atoms with Crippen LogP contribution in [-0.4, -0.2) is 60.4 Å². The number of nitrogens with one attached hydrogen (secondary N) is 2. The highest BCUT2D eigenvalue weighted by molar-refractivity contribution is 6.04. The summed E-state index contributed by atoms with van der Waals surface area (Å²) in [5.74, 6) is 0.288. The average molecular weight is 328 g/mol. The molecule has 7 nitrogen and oxygen atoms in total. The maximum atomic E-state index is 12.8. The zero-order valence-electron chi connectivity index (χ0n) is 13.3. The number of nitrogens with zero attached hydrogens (tertiary/aromatic N) is 2. The normalized spacial score (nSPS) is 29.1. The van der Waals surface area contributed by atoms with Crippen LogP contribution in [0.3, 0.4) is 0 Å². The van der Waals surface area contributed by atoms with Gasteiger partial charge in [-0.3, -0.25) is 14.5 Å². The van der Waals surface area contributed by atoms with Crippen LogP contribution in [0.2, 0.25) is 0 Å². The van der Waals surface area contributed by atoms with E-state index in [9.17, 15) is 14.4 Å². The number of benzene rings is 1. The van der Waals surface area contributed by atoms with E-state index in [-0.39, 0.29) is 30.9 Å². The number of imide groups is 1. The van der Waals surface area contributed by atoms with E-state index in [2.05, 4.69) is 10.6 Å². The molecule has 4 amide bonds. The molecule has 3 aliphatic heterocycles. The molecule has 3 saturated heterocycles. The molecule has 4 rings (SSSR count). The maximum absolute atomic E-state index is 12.8. The van der Waals surface area contributed by atoms with Gasteiger partial charge in [-0.05, 0) is 11.5 Å². The molecule has 1 aromatic carbocycles. The minimum absolute atomic E-state index is 0.000494. The summed E-state index contributed by atoms with van der Waals surface area (Å²) in [4.78, 5) is 39.1. The van der Waals surface area contributed by atoms with Gasteiger partial charge in [-0.25, -0.2) is 4.79 Å². The summed E-state index contributed by atoms with van der Waals surface area (Å²) in [6.07, 6.45) is 0. The first-order chi connectivity index (χ1) is 11.6. The minimum atomic E-state index is -0.481. The van der Waals surface area contributed by atoms with E-state index in [1.807, 2.05) is 35.2 Å². The number of hydrogen-bond donors (Lipinski definition) is 2. The second kappa shape index (κ2) is 5.90. The highest BCUT2D eigenvalue weighted by atomic mass is 16.2. The summed E-state index contributed by atoms with van der Waals surface area (Å²) in [7, 11) is 0. The van der Waals surface area contributed by atoms with Crippen molar-refractivity contribution in [2.24, 2.45) is 11.8 Å². The molecule has 3 aliphatic rings. The molecule has 2 N–H and O–H groups in total. The van der Waals surface area contributed by atoms with Crippen molar-refractivity contribution in [3.8, 4) is 0 Å². The van der Waals surface area contributed by atoms with Gasteiger partial charge < -0.3 is 15.5 Å². The van der Waals surface area contributed by atoms with E-state index >= 15 is 0 Å². The van der Waals surface area contributed by atoms with Gasteiger partial charge >= 0.3 is 6.03 Å². The SMILES string of the molecule is O=C1CNC(=O)N1CC(=O)N1C[C@@H]2CNC[C@@H]2[C@@H]1c1ccccc1. The number of fused-ring (bicyclic) bond motifs is 1. The monoisotopic (exact) mass is 328 g/mol. The van der Waals surface area contributed by atoms with Gasteiger partial charge in [0.15, 0.2) is 0 Å². The lowest BCUT2D eigenvalue weighted by atomic mass is 9.89. The molecule has 24 heavy (non-hydrogen) atoms. The molecule has 3 atom stereocenters. The Morgan fingerprint density at radius 3 is 2.67 bits per heavy atom. The third kappa shape index (κ3) is 2.45. The molecule has 3 fully saturated rings. The zero-order valence-corrected chi connectivity index (χ0v) is 13.3. The molecule has 7 heteroatoms. The minimum Gasteiger partial charge on any atom is -0.333 e. The van der Waals surface area contributed by atoms with E-state index in [0.717, 1.165) is 23.6 Å². The quantitative estimate of drug-likeness (QED) is 0.763. The highest BCUT2D eigenvalue weighted by Crippen LogP contribution is 2.42. The van der Waals surface area contributed by atoms with Gasteiger partial charge in [-0.1, -0.05) is 30.3 Å².